The van der Waals surface area contributed by atoms with Crippen molar-refractivity contribution in [3.8, 4) is 11.5 Å². The SMILES string of the molecule is COc1ccc(C(NC(=O)C(C)Oc2cccc(C)c2)C(=O)O)cc1F. The first-order valence-electron chi connectivity index (χ1n) is 7.91. The number of methoxy groups -OCH3 is 1. The number of benzene rings is 2. The second-order valence-corrected chi connectivity index (χ2v) is 5.75. The number of nitrogens with one attached hydrogen (secondary N) is 1. The van der Waals surface area contributed by atoms with Gasteiger partial charge in [0, 0.05) is 0 Å². The minimum absolute atomic E-state index is 0.0136. The van der Waals surface area contributed by atoms with Crippen molar-refractivity contribution in [1.82, 2.24) is 5.32 Å². The van der Waals surface area contributed by atoms with Crippen molar-refractivity contribution in [2.45, 2.75) is 26.0 Å². The largest absolute Gasteiger partial charge is 0.494 e. The molecule has 0 spiro atoms. The van der Waals surface area contributed by atoms with Crippen LogP contribution >= 0.6 is 0 Å². The topological polar surface area (TPSA) is 84.9 Å². The average molecular weight is 361 g/mol. The molecule has 2 unspecified atom stereocenters. The molecule has 0 saturated carbocycles. The molecule has 0 saturated heterocycles. The summed E-state index contributed by atoms with van der Waals surface area (Å²) in [5, 5.41) is 11.8. The summed E-state index contributed by atoms with van der Waals surface area (Å²) in [5.74, 6) is -2.18. The Morgan fingerprint density at radius 3 is 2.50 bits per heavy atom. The van der Waals surface area contributed by atoms with Gasteiger partial charge in [0.15, 0.2) is 23.7 Å². The van der Waals surface area contributed by atoms with E-state index in [2.05, 4.69) is 5.32 Å². The molecule has 2 N–H and O–H groups in total. The fourth-order valence-electron chi connectivity index (χ4n) is 2.36. The number of carboxylic acids is 1. The normalized spacial score (nSPS) is 12.8. The van der Waals surface area contributed by atoms with Gasteiger partial charge in [0.2, 0.25) is 0 Å². The van der Waals surface area contributed by atoms with E-state index in [9.17, 15) is 19.1 Å². The Morgan fingerprint density at radius 1 is 1.19 bits per heavy atom. The molecule has 0 bridgehead atoms. The van der Waals surface area contributed by atoms with Crippen molar-refractivity contribution in [3.63, 3.8) is 0 Å². The number of rotatable bonds is 7. The lowest BCUT2D eigenvalue weighted by atomic mass is 10.1. The van der Waals surface area contributed by atoms with Crippen molar-refractivity contribution in [2.75, 3.05) is 7.11 Å². The summed E-state index contributed by atoms with van der Waals surface area (Å²) in [5.41, 5.74) is 1.05. The maximum Gasteiger partial charge on any atom is 0.330 e. The number of hydrogen-bond acceptors (Lipinski definition) is 4. The third-order valence-corrected chi connectivity index (χ3v) is 3.71. The molecule has 26 heavy (non-hydrogen) atoms. The minimum Gasteiger partial charge on any atom is -0.494 e. The molecule has 0 aliphatic carbocycles. The van der Waals surface area contributed by atoms with E-state index in [1.807, 2.05) is 13.0 Å². The number of carbonyl (C=O) groups excluding carboxylic acids is 1. The van der Waals surface area contributed by atoms with Crippen LogP contribution in [0.15, 0.2) is 42.5 Å². The van der Waals surface area contributed by atoms with Crippen LogP contribution in [0, 0.1) is 12.7 Å². The zero-order valence-electron chi connectivity index (χ0n) is 14.7. The summed E-state index contributed by atoms with van der Waals surface area (Å²) in [7, 11) is 1.30. The van der Waals surface area contributed by atoms with Crippen LogP contribution in [0.4, 0.5) is 4.39 Å². The summed E-state index contributed by atoms with van der Waals surface area (Å²) in [6.07, 6.45) is -0.929. The first-order valence-corrected chi connectivity index (χ1v) is 7.91. The Hall–Kier alpha value is -3.09. The number of ether oxygens (including phenoxy) is 2. The van der Waals surface area contributed by atoms with Gasteiger partial charge in [-0.25, -0.2) is 9.18 Å². The summed E-state index contributed by atoms with van der Waals surface area (Å²) >= 11 is 0. The van der Waals surface area contributed by atoms with Crippen LogP contribution in [0.25, 0.3) is 0 Å². The molecule has 2 atom stereocenters. The molecule has 0 aliphatic heterocycles. The highest BCUT2D eigenvalue weighted by atomic mass is 19.1. The number of aliphatic carboxylic acids is 1. The summed E-state index contributed by atoms with van der Waals surface area (Å²) < 4.78 is 24.2. The average Bonchev–Trinajstić information content (AvgIpc) is 2.59. The van der Waals surface area contributed by atoms with Gasteiger partial charge in [-0.2, -0.15) is 0 Å². The van der Waals surface area contributed by atoms with Crippen LogP contribution < -0.4 is 14.8 Å². The highest BCUT2D eigenvalue weighted by Crippen LogP contribution is 2.22. The monoisotopic (exact) mass is 361 g/mol. The fourth-order valence-corrected chi connectivity index (χ4v) is 2.36. The van der Waals surface area contributed by atoms with Gasteiger partial charge in [-0.3, -0.25) is 4.79 Å². The van der Waals surface area contributed by atoms with Gasteiger partial charge in [-0.05, 0) is 49.2 Å². The molecule has 0 heterocycles. The molecular weight excluding hydrogens is 341 g/mol. The Morgan fingerprint density at radius 2 is 1.92 bits per heavy atom. The maximum atomic E-state index is 13.8. The van der Waals surface area contributed by atoms with Crippen molar-refractivity contribution < 1.29 is 28.6 Å². The van der Waals surface area contributed by atoms with Gasteiger partial charge in [0.05, 0.1) is 7.11 Å². The molecule has 6 nitrogen and oxygen atoms in total. The molecule has 1 amide bonds. The lowest BCUT2D eigenvalue weighted by Gasteiger charge is -2.19. The fraction of sp³-hybridized carbons (Fsp3) is 0.263. The second-order valence-electron chi connectivity index (χ2n) is 5.75. The van der Waals surface area contributed by atoms with Gasteiger partial charge in [-0.1, -0.05) is 18.2 Å². The zero-order chi connectivity index (χ0) is 19.3. The number of aryl methyl sites for hydroxylation is 1. The number of carboxylic acid groups (broad SMARTS) is 1. The predicted molar refractivity (Wildman–Crippen MR) is 92.7 cm³/mol. The van der Waals surface area contributed by atoms with Crippen LogP contribution in [0.2, 0.25) is 0 Å². The molecule has 2 aromatic carbocycles. The minimum atomic E-state index is -1.41. The molecule has 0 fully saturated rings. The van der Waals surface area contributed by atoms with Gasteiger partial charge < -0.3 is 19.9 Å². The molecular formula is C19H20FNO5. The third kappa shape index (κ3) is 4.72. The number of carbonyl (C=O) groups is 2. The van der Waals surface area contributed by atoms with Gasteiger partial charge in [0.25, 0.3) is 5.91 Å². The first kappa shape index (κ1) is 19.2. The number of amides is 1. The van der Waals surface area contributed by atoms with Crippen LogP contribution in [0.5, 0.6) is 11.5 Å². The van der Waals surface area contributed by atoms with Crippen LogP contribution in [0.1, 0.15) is 24.1 Å². The summed E-state index contributed by atoms with van der Waals surface area (Å²) in [6.45, 7) is 3.39. The number of hydrogen-bond donors (Lipinski definition) is 2. The van der Waals surface area contributed by atoms with E-state index < -0.39 is 29.8 Å². The third-order valence-electron chi connectivity index (χ3n) is 3.71. The zero-order valence-corrected chi connectivity index (χ0v) is 14.7. The quantitative estimate of drug-likeness (QED) is 0.792. The molecule has 0 radical (unpaired) electrons. The van der Waals surface area contributed by atoms with E-state index in [1.165, 1.54) is 26.2 Å². The van der Waals surface area contributed by atoms with E-state index in [0.29, 0.717) is 5.75 Å². The molecule has 2 aromatic rings. The summed E-state index contributed by atoms with van der Waals surface area (Å²) in [4.78, 5) is 23.8. The van der Waals surface area contributed by atoms with E-state index in [-0.39, 0.29) is 11.3 Å². The van der Waals surface area contributed by atoms with Crippen LogP contribution in [-0.4, -0.2) is 30.2 Å². The van der Waals surface area contributed by atoms with Gasteiger partial charge in [-0.15, -0.1) is 0 Å². The Labute approximate surface area is 150 Å². The Balaban J connectivity index is 2.12. The lowest BCUT2D eigenvalue weighted by Crippen LogP contribution is -2.41. The smallest absolute Gasteiger partial charge is 0.330 e. The molecule has 0 aliphatic rings. The van der Waals surface area contributed by atoms with Gasteiger partial charge in [0.1, 0.15) is 5.75 Å². The van der Waals surface area contributed by atoms with Crippen LogP contribution in [0.3, 0.4) is 0 Å². The number of halogens is 1. The molecule has 0 aromatic heterocycles. The highest BCUT2D eigenvalue weighted by Gasteiger charge is 2.26. The molecule has 138 valence electrons. The molecule has 7 heteroatoms. The summed E-state index contributed by atoms with van der Waals surface area (Å²) in [6, 6.07) is 9.43. The van der Waals surface area contributed by atoms with Crippen LogP contribution in [-0.2, 0) is 9.59 Å². The second kappa shape index (κ2) is 8.33. The lowest BCUT2D eigenvalue weighted by molar-refractivity contribution is -0.143. The highest BCUT2D eigenvalue weighted by molar-refractivity contribution is 5.87. The standard InChI is InChI=1S/C19H20FNO5/c1-11-5-4-6-14(9-11)26-12(2)18(22)21-17(19(23)24)13-7-8-16(25-3)15(20)10-13/h4-10,12,17H,1-3H3,(H,21,22)(H,23,24). The van der Waals surface area contributed by atoms with Gasteiger partial charge >= 0.3 is 5.97 Å². The van der Waals surface area contributed by atoms with E-state index in [0.717, 1.165) is 11.6 Å². The van der Waals surface area contributed by atoms with Crippen molar-refractivity contribution in [1.29, 1.82) is 0 Å². The maximum absolute atomic E-state index is 13.8. The van der Waals surface area contributed by atoms with E-state index in [4.69, 9.17) is 9.47 Å². The van der Waals surface area contributed by atoms with Crippen molar-refractivity contribution >= 4 is 11.9 Å². The van der Waals surface area contributed by atoms with E-state index >= 15 is 0 Å². The van der Waals surface area contributed by atoms with E-state index in [1.54, 1.807) is 18.2 Å². The first-order chi connectivity index (χ1) is 12.3. The Kier molecular flexibility index (Phi) is 6.16. The molecule has 2 rings (SSSR count). The van der Waals surface area contributed by atoms with Crippen molar-refractivity contribution in [3.05, 3.63) is 59.4 Å². The predicted octanol–water partition coefficient (Wildman–Crippen LogP) is 2.85. The van der Waals surface area contributed by atoms with Crippen molar-refractivity contribution in [2.24, 2.45) is 0 Å². The Bertz CT molecular complexity index is 808.